The molecule has 0 aliphatic carbocycles. The SMILES string of the molecule is CC(C)c1ccc(CC(N)(CN)Cc2ccc(C(C)C)cc2)cc1. The first-order valence-corrected chi connectivity index (χ1v) is 8.99. The van der Waals surface area contributed by atoms with Crippen LogP contribution in [0.3, 0.4) is 0 Å². The molecule has 2 rings (SSSR count). The quantitative estimate of drug-likeness (QED) is 0.794. The molecule has 0 heterocycles. The van der Waals surface area contributed by atoms with Crippen molar-refractivity contribution in [3.63, 3.8) is 0 Å². The van der Waals surface area contributed by atoms with Crippen molar-refractivity contribution in [2.75, 3.05) is 6.54 Å². The van der Waals surface area contributed by atoms with Gasteiger partial charge in [-0.3, -0.25) is 0 Å². The molecule has 0 aliphatic rings. The Morgan fingerprint density at radius 2 is 1.04 bits per heavy atom. The van der Waals surface area contributed by atoms with Gasteiger partial charge in [0.25, 0.3) is 0 Å². The van der Waals surface area contributed by atoms with Crippen LogP contribution in [0.2, 0.25) is 0 Å². The molecule has 0 bridgehead atoms. The second-order valence-corrected chi connectivity index (χ2v) is 7.71. The number of hydrogen-bond donors (Lipinski definition) is 2. The average molecular weight is 325 g/mol. The van der Waals surface area contributed by atoms with Gasteiger partial charge in [-0.1, -0.05) is 76.2 Å². The van der Waals surface area contributed by atoms with E-state index in [1.165, 1.54) is 22.3 Å². The van der Waals surface area contributed by atoms with E-state index in [1.807, 2.05) is 0 Å². The first kappa shape index (κ1) is 18.7. The molecule has 0 amide bonds. The fourth-order valence-corrected chi connectivity index (χ4v) is 3.06. The zero-order chi connectivity index (χ0) is 17.7. The van der Waals surface area contributed by atoms with Gasteiger partial charge in [-0.25, -0.2) is 0 Å². The molecule has 0 saturated heterocycles. The molecule has 0 atom stereocenters. The van der Waals surface area contributed by atoms with Crippen LogP contribution < -0.4 is 11.5 Å². The molecule has 0 fully saturated rings. The molecule has 0 spiro atoms. The number of hydrogen-bond acceptors (Lipinski definition) is 2. The topological polar surface area (TPSA) is 52.0 Å². The van der Waals surface area contributed by atoms with Crippen molar-refractivity contribution in [2.24, 2.45) is 11.5 Å². The second kappa shape index (κ2) is 7.96. The normalized spacial score (nSPS) is 12.2. The van der Waals surface area contributed by atoms with Crippen LogP contribution in [-0.2, 0) is 12.8 Å². The summed E-state index contributed by atoms with van der Waals surface area (Å²) in [6.45, 7) is 9.32. The number of rotatable bonds is 7. The lowest BCUT2D eigenvalue weighted by molar-refractivity contribution is 0.429. The van der Waals surface area contributed by atoms with Gasteiger partial charge in [0.05, 0.1) is 0 Å². The third kappa shape index (κ3) is 4.93. The molecule has 4 N–H and O–H groups in total. The highest BCUT2D eigenvalue weighted by atomic mass is 14.8. The summed E-state index contributed by atoms with van der Waals surface area (Å²) >= 11 is 0. The van der Waals surface area contributed by atoms with E-state index in [-0.39, 0.29) is 0 Å². The van der Waals surface area contributed by atoms with Gasteiger partial charge in [0, 0.05) is 12.1 Å². The largest absolute Gasteiger partial charge is 0.329 e. The van der Waals surface area contributed by atoms with Gasteiger partial charge in [-0.05, 0) is 46.9 Å². The average Bonchev–Trinajstić information content (AvgIpc) is 2.55. The first-order chi connectivity index (χ1) is 11.3. The van der Waals surface area contributed by atoms with Crippen LogP contribution in [0.15, 0.2) is 48.5 Å². The zero-order valence-electron chi connectivity index (χ0n) is 15.5. The summed E-state index contributed by atoms with van der Waals surface area (Å²) in [5, 5.41) is 0. The molecule has 0 radical (unpaired) electrons. The number of nitrogens with two attached hydrogens (primary N) is 2. The molecule has 2 nitrogen and oxygen atoms in total. The highest BCUT2D eigenvalue weighted by Gasteiger charge is 2.24. The van der Waals surface area contributed by atoms with E-state index in [2.05, 4.69) is 76.2 Å². The Morgan fingerprint density at radius 3 is 1.29 bits per heavy atom. The van der Waals surface area contributed by atoms with Gasteiger partial charge in [0.1, 0.15) is 0 Å². The van der Waals surface area contributed by atoms with E-state index in [0.29, 0.717) is 18.4 Å². The summed E-state index contributed by atoms with van der Waals surface area (Å²) < 4.78 is 0. The minimum atomic E-state index is -0.404. The minimum Gasteiger partial charge on any atom is -0.329 e. The molecule has 0 unspecified atom stereocenters. The molecule has 0 saturated carbocycles. The van der Waals surface area contributed by atoms with Crippen LogP contribution in [0.5, 0.6) is 0 Å². The van der Waals surface area contributed by atoms with E-state index < -0.39 is 5.54 Å². The van der Waals surface area contributed by atoms with E-state index in [0.717, 1.165) is 12.8 Å². The van der Waals surface area contributed by atoms with Gasteiger partial charge in [-0.2, -0.15) is 0 Å². The maximum Gasteiger partial charge on any atom is 0.0360 e. The van der Waals surface area contributed by atoms with Gasteiger partial charge in [0.2, 0.25) is 0 Å². The number of benzene rings is 2. The first-order valence-electron chi connectivity index (χ1n) is 8.99. The summed E-state index contributed by atoms with van der Waals surface area (Å²) in [4.78, 5) is 0. The van der Waals surface area contributed by atoms with Crippen molar-refractivity contribution < 1.29 is 0 Å². The zero-order valence-corrected chi connectivity index (χ0v) is 15.5. The van der Waals surface area contributed by atoms with Crippen molar-refractivity contribution >= 4 is 0 Å². The van der Waals surface area contributed by atoms with Gasteiger partial charge in [0.15, 0.2) is 0 Å². The standard InChI is InChI=1S/C22H32N2/c1-16(2)20-9-5-18(6-10-20)13-22(24,15-23)14-19-7-11-21(12-8-19)17(3)4/h5-12,16-17H,13-15,23-24H2,1-4H3. The van der Waals surface area contributed by atoms with Gasteiger partial charge in [-0.15, -0.1) is 0 Å². The summed E-state index contributed by atoms with van der Waals surface area (Å²) in [5.74, 6) is 1.10. The van der Waals surface area contributed by atoms with Gasteiger partial charge >= 0.3 is 0 Å². The maximum absolute atomic E-state index is 6.63. The Hall–Kier alpha value is -1.64. The van der Waals surface area contributed by atoms with Crippen LogP contribution >= 0.6 is 0 Å². The molecule has 2 aromatic carbocycles. The van der Waals surface area contributed by atoms with Crippen LogP contribution in [0.1, 0.15) is 61.8 Å². The highest BCUT2D eigenvalue weighted by molar-refractivity contribution is 5.29. The van der Waals surface area contributed by atoms with Crippen molar-refractivity contribution in [1.29, 1.82) is 0 Å². The van der Waals surface area contributed by atoms with E-state index in [1.54, 1.807) is 0 Å². The monoisotopic (exact) mass is 324 g/mol. The molecular formula is C22H32N2. The van der Waals surface area contributed by atoms with Crippen molar-refractivity contribution in [1.82, 2.24) is 0 Å². The van der Waals surface area contributed by atoms with Gasteiger partial charge < -0.3 is 11.5 Å². The predicted molar refractivity (Wildman–Crippen MR) is 104 cm³/mol. The molecule has 130 valence electrons. The summed E-state index contributed by atoms with van der Waals surface area (Å²) in [6.07, 6.45) is 1.60. The van der Waals surface area contributed by atoms with Crippen molar-refractivity contribution in [3.05, 3.63) is 70.8 Å². The lowest BCUT2D eigenvalue weighted by Crippen LogP contribution is -2.50. The van der Waals surface area contributed by atoms with Crippen molar-refractivity contribution in [3.8, 4) is 0 Å². The fraction of sp³-hybridized carbons (Fsp3) is 0.455. The summed E-state index contributed by atoms with van der Waals surface area (Å²) in [6, 6.07) is 17.6. The van der Waals surface area contributed by atoms with Crippen LogP contribution in [0, 0.1) is 0 Å². The van der Waals surface area contributed by atoms with Crippen molar-refractivity contribution in [2.45, 2.75) is 57.9 Å². The molecule has 2 heteroatoms. The lowest BCUT2D eigenvalue weighted by Gasteiger charge is -2.28. The third-order valence-electron chi connectivity index (χ3n) is 4.81. The highest BCUT2D eigenvalue weighted by Crippen LogP contribution is 2.21. The van der Waals surface area contributed by atoms with Crippen LogP contribution in [-0.4, -0.2) is 12.1 Å². The Kier molecular flexibility index (Phi) is 6.20. The molecule has 0 aromatic heterocycles. The third-order valence-corrected chi connectivity index (χ3v) is 4.81. The van der Waals surface area contributed by atoms with E-state index in [9.17, 15) is 0 Å². The van der Waals surface area contributed by atoms with Crippen LogP contribution in [0.4, 0.5) is 0 Å². The summed E-state index contributed by atoms with van der Waals surface area (Å²) in [5.41, 5.74) is 17.5. The second-order valence-electron chi connectivity index (χ2n) is 7.71. The van der Waals surface area contributed by atoms with Crippen LogP contribution in [0.25, 0.3) is 0 Å². The smallest absolute Gasteiger partial charge is 0.0360 e. The molecule has 0 aliphatic heterocycles. The minimum absolute atomic E-state index is 0.404. The molecule has 2 aromatic rings. The Morgan fingerprint density at radius 1 is 0.708 bits per heavy atom. The van der Waals surface area contributed by atoms with E-state index >= 15 is 0 Å². The lowest BCUT2D eigenvalue weighted by atomic mass is 9.84. The maximum atomic E-state index is 6.63. The molecule has 24 heavy (non-hydrogen) atoms. The molecular weight excluding hydrogens is 292 g/mol. The van der Waals surface area contributed by atoms with E-state index in [4.69, 9.17) is 11.5 Å². The Bertz CT molecular complexity index is 571. The predicted octanol–water partition coefficient (Wildman–Crippen LogP) is 4.37. The Balaban J connectivity index is 2.09. The Labute approximate surface area is 147 Å². The summed E-state index contributed by atoms with van der Waals surface area (Å²) in [7, 11) is 0. The fourth-order valence-electron chi connectivity index (χ4n) is 3.06.